The quantitative estimate of drug-likeness (QED) is 0.158. The molecule has 9 nitrogen and oxygen atoms in total. The van der Waals surface area contributed by atoms with Gasteiger partial charge in [-0.1, -0.05) is 0 Å². The normalized spacial score (nSPS) is 14.1. The third-order valence-corrected chi connectivity index (χ3v) is 7.20. The highest BCUT2D eigenvalue weighted by atomic mass is 19.1. The van der Waals surface area contributed by atoms with Crippen molar-refractivity contribution in [3.8, 4) is 5.75 Å². The maximum Gasteiger partial charge on any atom is 0.281 e. The number of carbonyl (C=O) groups is 1. The van der Waals surface area contributed by atoms with Crippen LogP contribution in [0.25, 0.3) is 0 Å². The number of hydrogen-bond donors (Lipinski definition) is 3. The standard InChI is InChI=1S/C32H40F2N6O3/c1-39(2)11-4-12-40(3)25-5-7-27(30(18-25)37-24-9-13-42-14-10-24)32(41)38-31(36)28-19-26(6-8-29(28)35)43-20-21-15-22(33)17-23(34)16-21/h5-8,15-19,24,37H,4,9-14,20,35H2,1-3H3,(H2,36,38,41). The van der Waals surface area contributed by atoms with E-state index in [1.807, 2.05) is 19.2 Å². The molecule has 1 heterocycles. The Kier molecular flexibility index (Phi) is 10.9. The first-order chi connectivity index (χ1) is 20.6. The second-order valence-corrected chi connectivity index (χ2v) is 11.0. The third kappa shape index (κ3) is 9.13. The molecule has 3 aromatic rings. The molecule has 0 bridgehead atoms. The Bertz CT molecular complexity index is 1420. The zero-order valence-corrected chi connectivity index (χ0v) is 24.9. The molecule has 0 aromatic heterocycles. The molecule has 1 aliphatic heterocycles. The lowest BCUT2D eigenvalue weighted by Gasteiger charge is -2.27. The molecule has 0 radical (unpaired) electrons. The van der Waals surface area contributed by atoms with Crippen LogP contribution in [0.4, 0.5) is 25.8 Å². The summed E-state index contributed by atoms with van der Waals surface area (Å²) in [5.74, 6) is -1.63. The molecule has 43 heavy (non-hydrogen) atoms. The lowest BCUT2D eigenvalue weighted by Crippen LogP contribution is -2.29. The molecule has 0 saturated carbocycles. The van der Waals surface area contributed by atoms with Crippen LogP contribution in [0.15, 0.2) is 59.6 Å². The molecule has 1 saturated heterocycles. The summed E-state index contributed by atoms with van der Waals surface area (Å²) >= 11 is 0. The number of carbonyl (C=O) groups excluding carboxylic acids is 1. The molecule has 3 aromatic carbocycles. The van der Waals surface area contributed by atoms with E-state index in [2.05, 4.69) is 34.2 Å². The van der Waals surface area contributed by atoms with Crippen molar-refractivity contribution in [3.05, 3.63) is 82.9 Å². The summed E-state index contributed by atoms with van der Waals surface area (Å²) in [5.41, 5.74) is 15.4. The van der Waals surface area contributed by atoms with Crippen LogP contribution in [0, 0.1) is 11.6 Å². The van der Waals surface area contributed by atoms with Gasteiger partial charge in [-0.05, 0) is 94.0 Å². The highest BCUT2D eigenvalue weighted by Gasteiger charge is 2.20. The number of benzene rings is 3. The summed E-state index contributed by atoms with van der Waals surface area (Å²) < 4.78 is 38.3. The maximum absolute atomic E-state index is 13.5. The van der Waals surface area contributed by atoms with Crippen LogP contribution in [-0.4, -0.2) is 70.1 Å². The number of amides is 1. The van der Waals surface area contributed by atoms with Crippen LogP contribution in [0.2, 0.25) is 0 Å². The largest absolute Gasteiger partial charge is 0.489 e. The summed E-state index contributed by atoms with van der Waals surface area (Å²) in [5, 5.41) is 3.53. The Hall–Kier alpha value is -4.22. The van der Waals surface area contributed by atoms with Gasteiger partial charge in [0, 0.05) is 61.5 Å². The van der Waals surface area contributed by atoms with Gasteiger partial charge >= 0.3 is 0 Å². The molecule has 1 fully saturated rings. The summed E-state index contributed by atoms with van der Waals surface area (Å²) in [6.45, 7) is 3.06. The van der Waals surface area contributed by atoms with Crippen LogP contribution in [-0.2, 0) is 11.3 Å². The van der Waals surface area contributed by atoms with Gasteiger partial charge in [-0.3, -0.25) is 4.79 Å². The Morgan fingerprint density at radius 3 is 2.42 bits per heavy atom. The van der Waals surface area contributed by atoms with E-state index in [0.29, 0.717) is 47.0 Å². The van der Waals surface area contributed by atoms with E-state index < -0.39 is 17.5 Å². The topological polar surface area (TPSA) is 118 Å². The molecule has 0 spiro atoms. The molecular weight excluding hydrogens is 554 g/mol. The molecule has 4 rings (SSSR count). The lowest BCUT2D eigenvalue weighted by atomic mass is 10.1. The van der Waals surface area contributed by atoms with E-state index in [0.717, 1.165) is 44.1 Å². The van der Waals surface area contributed by atoms with Gasteiger partial charge in [-0.15, -0.1) is 0 Å². The van der Waals surface area contributed by atoms with Crippen LogP contribution in [0.3, 0.4) is 0 Å². The monoisotopic (exact) mass is 594 g/mol. The number of nitrogen functional groups attached to an aromatic ring is 1. The Morgan fingerprint density at radius 2 is 1.72 bits per heavy atom. The van der Waals surface area contributed by atoms with Gasteiger partial charge in [0.25, 0.3) is 5.91 Å². The minimum Gasteiger partial charge on any atom is -0.489 e. The molecule has 11 heteroatoms. The number of aliphatic imine (C=N–C) groups is 1. The zero-order chi connectivity index (χ0) is 30.9. The van der Waals surface area contributed by atoms with Gasteiger partial charge in [0.1, 0.15) is 29.8 Å². The molecule has 1 amide bonds. The zero-order valence-electron chi connectivity index (χ0n) is 24.9. The Balaban J connectivity index is 1.55. The average molecular weight is 595 g/mol. The first-order valence-corrected chi connectivity index (χ1v) is 14.3. The fourth-order valence-electron chi connectivity index (χ4n) is 4.83. The minimum absolute atomic E-state index is 0.0772. The van der Waals surface area contributed by atoms with E-state index in [-0.39, 0.29) is 18.5 Å². The number of amidine groups is 1. The van der Waals surface area contributed by atoms with Crippen LogP contribution in [0.1, 0.15) is 40.7 Å². The van der Waals surface area contributed by atoms with E-state index >= 15 is 0 Å². The van der Waals surface area contributed by atoms with Gasteiger partial charge in [0.2, 0.25) is 0 Å². The number of anilines is 3. The predicted octanol–water partition coefficient (Wildman–Crippen LogP) is 4.65. The number of nitrogens with two attached hydrogens (primary N) is 2. The maximum atomic E-state index is 13.5. The van der Waals surface area contributed by atoms with Crippen molar-refractivity contribution in [3.63, 3.8) is 0 Å². The third-order valence-electron chi connectivity index (χ3n) is 7.20. The second-order valence-electron chi connectivity index (χ2n) is 11.0. The summed E-state index contributed by atoms with van der Waals surface area (Å²) in [4.78, 5) is 22.0. The fourth-order valence-corrected chi connectivity index (χ4v) is 4.83. The first kappa shape index (κ1) is 31.7. The number of rotatable bonds is 12. The number of nitrogens with one attached hydrogen (secondary N) is 1. The van der Waals surface area contributed by atoms with Crippen molar-refractivity contribution in [1.82, 2.24) is 4.90 Å². The van der Waals surface area contributed by atoms with Crippen molar-refractivity contribution < 1.29 is 23.0 Å². The lowest BCUT2D eigenvalue weighted by molar-refractivity contribution is 0.0904. The average Bonchev–Trinajstić information content (AvgIpc) is 2.96. The molecule has 5 N–H and O–H groups in total. The summed E-state index contributed by atoms with van der Waals surface area (Å²) in [7, 11) is 6.13. The van der Waals surface area contributed by atoms with Gasteiger partial charge < -0.3 is 36.1 Å². The van der Waals surface area contributed by atoms with Gasteiger partial charge in [0.05, 0.1) is 5.56 Å². The molecule has 0 aliphatic carbocycles. The van der Waals surface area contributed by atoms with Gasteiger partial charge in [-0.25, -0.2) is 8.78 Å². The Morgan fingerprint density at radius 1 is 1.00 bits per heavy atom. The minimum atomic E-state index is -0.693. The number of halogens is 2. The fraction of sp³-hybridized carbons (Fsp3) is 0.375. The van der Waals surface area contributed by atoms with Crippen molar-refractivity contribution in [1.29, 1.82) is 0 Å². The molecule has 1 aliphatic rings. The van der Waals surface area contributed by atoms with E-state index in [4.69, 9.17) is 20.9 Å². The smallest absolute Gasteiger partial charge is 0.281 e. The summed E-state index contributed by atoms with van der Waals surface area (Å²) in [6.07, 6.45) is 2.65. The van der Waals surface area contributed by atoms with E-state index in [9.17, 15) is 13.6 Å². The van der Waals surface area contributed by atoms with Crippen molar-refractivity contribution in [2.24, 2.45) is 10.7 Å². The number of ether oxygens (including phenoxy) is 2. The van der Waals surface area contributed by atoms with Crippen molar-refractivity contribution in [2.45, 2.75) is 31.9 Å². The highest BCUT2D eigenvalue weighted by Crippen LogP contribution is 2.27. The molecule has 0 atom stereocenters. The number of hydrogen-bond acceptors (Lipinski definition) is 7. The van der Waals surface area contributed by atoms with Crippen LogP contribution < -0.4 is 26.4 Å². The molecule has 230 valence electrons. The van der Waals surface area contributed by atoms with Gasteiger partial charge in [0.15, 0.2) is 0 Å². The number of nitrogens with zero attached hydrogens (tertiary/aromatic N) is 3. The molecular formula is C32H40F2N6O3. The van der Waals surface area contributed by atoms with Gasteiger partial charge in [-0.2, -0.15) is 4.99 Å². The van der Waals surface area contributed by atoms with Crippen molar-refractivity contribution >= 4 is 28.8 Å². The van der Waals surface area contributed by atoms with E-state index in [1.54, 1.807) is 24.3 Å². The highest BCUT2D eigenvalue weighted by molar-refractivity contribution is 6.12. The molecule has 0 unspecified atom stereocenters. The van der Waals surface area contributed by atoms with Crippen molar-refractivity contribution in [2.75, 3.05) is 63.4 Å². The SMILES string of the molecule is CN(C)CCCN(C)c1ccc(C(=O)N=C(N)c2cc(OCc3cc(F)cc(F)c3)ccc2N)c(NC2CCOCC2)c1. The predicted molar refractivity (Wildman–Crippen MR) is 167 cm³/mol. The van der Waals surface area contributed by atoms with Crippen LogP contribution in [0.5, 0.6) is 5.75 Å². The second kappa shape index (κ2) is 14.8. The summed E-state index contributed by atoms with van der Waals surface area (Å²) in [6, 6.07) is 13.7. The first-order valence-electron chi connectivity index (χ1n) is 14.3. The van der Waals surface area contributed by atoms with E-state index in [1.165, 1.54) is 12.1 Å². The van der Waals surface area contributed by atoms with Crippen LogP contribution >= 0.6 is 0 Å². The Labute approximate surface area is 251 Å².